The van der Waals surface area contributed by atoms with E-state index >= 15 is 0 Å². The molecule has 150 valence electrons. The highest BCUT2D eigenvalue weighted by molar-refractivity contribution is 7.11. The first-order valence-corrected chi connectivity index (χ1v) is 10.4. The van der Waals surface area contributed by atoms with Crippen LogP contribution in [0.1, 0.15) is 10.4 Å². The summed E-state index contributed by atoms with van der Waals surface area (Å²) in [6.45, 7) is 0. The van der Waals surface area contributed by atoms with Crippen molar-refractivity contribution in [2.24, 2.45) is 10.2 Å². The Bertz CT molecular complexity index is 1440. The molecule has 0 bridgehead atoms. The lowest BCUT2D eigenvalue weighted by atomic mass is 10.0. The summed E-state index contributed by atoms with van der Waals surface area (Å²) in [6.07, 6.45) is 0. The summed E-state index contributed by atoms with van der Waals surface area (Å²) in [5.74, 6) is -0.634. The zero-order chi connectivity index (χ0) is 21.2. The van der Waals surface area contributed by atoms with Crippen LogP contribution in [0.2, 0.25) is 0 Å². The zero-order valence-corrected chi connectivity index (χ0v) is 17.0. The van der Waals surface area contributed by atoms with Gasteiger partial charge < -0.3 is 10.4 Å². The van der Waals surface area contributed by atoms with Crippen LogP contribution in [0, 0.1) is 0 Å². The van der Waals surface area contributed by atoms with Gasteiger partial charge in [-0.15, -0.1) is 10.2 Å². The van der Waals surface area contributed by atoms with Gasteiger partial charge in [-0.2, -0.15) is 4.37 Å². The van der Waals surface area contributed by atoms with Gasteiger partial charge in [0.2, 0.25) is 0 Å². The number of para-hydroxylation sites is 1. The number of hydrogen-bond donors (Lipinski definition) is 2. The van der Waals surface area contributed by atoms with E-state index < -0.39 is 5.91 Å². The van der Waals surface area contributed by atoms with Crippen molar-refractivity contribution in [1.82, 2.24) is 4.37 Å². The van der Waals surface area contributed by atoms with E-state index in [1.165, 1.54) is 11.5 Å². The monoisotopic (exact) mass is 424 g/mol. The number of carbonyl (C=O) groups excluding carboxylic acids is 1. The Balaban J connectivity index is 1.59. The molecular weight excluding hydrogens is 408 g/mol. The van der Waals surface area contributed by atoms with Crippen molar-refractivity contribution in [3.63, 3.8) is 0 Å². The third-order valence-electron chi connectivity index (χ3n) is 4.87. The fraction of sp³-hybridized carbons (Fsp3) is 0. The highest BCUT2D eigenvalue weighted by Gasteiger charge is 2.19. The molecule has 1 aromatic heterocycles. The summed E-state index contributed by atoms with van der Waals surface area (Å²) in [5.41, 5.74) is 1.85. The minimum Gasteiger partial charge on any atom is -0.505 e. The van der Waals surface area contributed by atoms with Crippen molar-refractivity contribution in [2.75, 3.05) is 5.32 Å². The quantitative estimate of drug-likeness (QED) is 0.310. The molecule has 0 saturated carbocycles. The van der Waals surface area contributed by atoms with Gasteiger partial charge in [0.15, 0.2) is 10.8 Å². The van der Waals surface area contributed by atoms with Gasteiger partial charge in [-0.1, -0.05) is 54.6 Å². The first kappa shape index (κ1) is 18.9. The summed E-state index contributed by atoms with van der Waals surface area (Å²) in [6, 6.07) is 25.8. The van der Waals surface area contributed by atoms with Gasteiger partial charge in [-0.3, -0.25) is 4.79 Å². The number of benzene rings is 4. The molecule has 0 saturated heterocycles. The largest absolute Gasteiger partial charge is 0.505 e. The number of anilines is 1. The van der Waals surface area contributed by atoms with Crippen LogP contribution in [-0.4, -0.2) is 15.4 Å². The van der Waals surface area contributed by atoms with Crippen molar-refractivity contribution in [3.05, 3.63) is 90.5 Å². The minimum absolute atomic E-state index is 0.157. The Morgan fingerprint density at radius 2 is 1.58 bits per heavy atom. The number of hydrogen-bond acceptors (Lipinski definition) is 6. The van der Waals surface area contributed by atoms with Crippen LogP contribution in [0.3, 0.4) is 0 Å². The first-order valence-electron chi connectivity index (χ1n) is 9.58. The average Bonchev–Trinajstić information content (AvgIpc) is 3.21. The molecular formula is C24H16N4O2S. The van der Waals surface area contributed by atoms with E-state index in [0.29, 0.717) is 16.1 Å². The fourth-order valence-electron chi connectivity index (χ4n) is 3.39. The second-order valence-corrected chi connectivity index (χ2v) is 7.62. The van der Waals surface area contributed by atoms with Gasteiger partial charge in [0.1, 0.15) is 5.69 Å². The van der Waals surface area contributed by atoms with Crippen LogP contribution in [0.15, 0.2) is 95.2 Å². The number of fused-ring (bicyclic) bond motifs is 2. The predicted molar refractivity (Wildman–Crippen MR) is 124 cm³/mol. The lowest BCUT2D eigenvalue weighted by molar-refractivity contribution is 0.102. The van der Waals surface area contributed by atoms with E-state index in [1.807, 2.05) is 60.7 Å². The maximum Gasteiger partial charge on any atom is 0.260 e. The Kier molecular flexibility index (Phi) is 4.86. The Morgan fingerprint density at radius 3 is 2.42 bits per heavy atom. The molecule has 0 fully saturated rings. The molecule has 0 radical (unpaired) electrons. The average molecular weight is 424 g/mol. The summed E-state index contributed by atoms with van der Waals surface area (Å²) >= 11 is 1.23. The summed E-state index contributed by atoms with van der Waals surface area (Å²) in [4.78, 5) is 13.1. The highest BCUT2D eigenvalue weighted by atomic mass is 32.1. The van der Waals surface area contributed by atoms with Crippen molar-refractivity contribution < 1.29 is 9.90 Å². The maximum absolute atomic E-state index is 13.1. The Morgan fingerprint density at radius 1 is 0.871 bits per heavy atom. The molecule has 5 aromatic rings. The fourth-order valence-corrected chi connectivity index (χ4v) is 4.08. The molecule has 0 atom stereocenters. The number of aromatic nitrogens is 1. The first-order chi connectivity index (χ1) is 15.2. The van der Waals surface area contributed by atoms with Crippen molar-refractivity contribution in [1.29, 1.82) is 0 Å². The van der Waals surface area contributed by atoms with Gasteiger partial charge in [-0.25, -0.2) is 0 Å². The molecule has 1 amide bonds. The molecule has 7 heteroatoms. The lowest BCUT2D eigenvalue weighted by Crippen LogP contribution is -2.12. The summed E-state index contributed by atoms with van der Waals surface area (Å²) in [7, 11) is 0. The van der Waals surface area contributed by atoms with Gasteiger partial charge >= 0.3 is 0 Å². The molecule has 6 nitrogen and oxygen atoms in total. The standard InChI is InChI=1S/C24H16N4O2S/c29-22-20(26-27-24-18-12-6-7-13-19(18)28-31-24)14-15-8-4-5-11-17(15)21(22)23(30)25-16-9-2-1-3-10-16/h1-14,29H,(H,25,30). The Labute approximate surface area is 181 Å². The number of rotatable bonds is 4. The number of carbonyl (C=O) groups is 1. The SMILES string of the molecule is O=C(Nc1ccccc1)c1c(O)c(N=Nc2snc3ccccc23)cc2ccccc12. The van der Waals surface area contributed by atoms with E-state index in [9.17, 15) is 9.90 Å². The summed E-state index contributed by atoms with van der Waals surface area (Å²) in [5, 5.41) is 25.3. The maximum atomic E-state index is 13.1. The van der Waals surface area contributed by atoms with E-state index in [2.05, 4.69) is 19.9 Å². The van der Waals surface area contributed by atoms with E-state index in [4.69, 9.17) is 0 Å². The number of amides is 1. The smallest absolute Gasteiger partial charge is 0.260 e. The van der Waals surface area contributed by atoms with Crippen LogP contribution in [0.4, 0.5) is 16.4 Å². The van der Waals surface area contributed by atoms with Crippen LogP contribution >= 0.6 is 11.5 Å². The number of nitrogens with one attached hydrogen (secondary N) is 1. The van der Waals surface area contributed by atoms with Gasteiger partial charge in [0, 0.05) is 11.1 Å². The molecule has 0 spiro atoms. The molecule has 31 heavy (non-hydrogen) atoms. The molecule has 0 aliphatic carbocycles. The second kappa shape index (κ2) is 7.97. The third-order valence-corrected chi connectivity index (χ3v) is 5.64. The van der Waals surface area contributed by atoms with E-state index in [0.717, 1.165) is 16.3 Å². The zero-order valence-electron chi connectivity index (χ0n) is 16.2. The van der Waals surface area contributed by atoms with E-state index in [-0.39, 0.29) is 17.0 Å². The lowest BCUT2D eigenvalue weighted by Gasteiger charge is -2.11. The van der Waals surface area contributed by atoms with Crippen LogP contribution < -0.4 is 5.32 Å². The number of phenolic OH excluding ortho intramolecular Hbond substituents is 1. The van der Waals surface area contributed by atoms with Gasteiger partial charge in [0.05, 0.1) is 11.1 Å². The molecule has 2 N–H and O–H groups in total. The molecule has 1 heterocycles. The number of azo groups is 1. The van der Waals surface area contributed by atoms with Crippen LogP contribution in [-0.2, 0) is 0 Å². The van der Waals surface area contributed by atoms with Crippen LogP contribution in [0.5, 0.6) is 5.75 Å². The molecule has 0 aliphatic heterocycles. The van der Waals surface area contributed by atoms with Crippen molar-refractivity contribution in [3.8, 4) is 5.75 Å². The molecule has 5 rings (SSSR count). The third kappa shape index (κ3) is 3.62. The van der Waals surface area contributed by atoms with Gasteiger partial charge in [-0.05, 0) is 52.6 Å². The van der Waals surface area contributed by atoms with Crippen LogP contribution in [0.25, 0.3) is 21.7 Å². The summed E-state index contributed by atoms with van der Waals surface area (Å²) < 4.78 is 4.36. The predicted octanol–water partition coefficient (Wildman–Crippen LogP) is 6.82. The van der Waals surface area contributed by atoms with Crippen molar-refractivity contribution in [2.45, 2.75) is 0 Å². The van der Waals surface area contributed by atoms with Crippen molar-refractivity contribution >= 4 is 55.5 Å². The number of nitrogens with zero attached hydrogens (tertiary/aromatic N) is 3. The second-order valence-electron chi connectivity index (χ2n) is 6.87. The highest BCUT2D eigenvalue weighted by Crippen LogP contribution is 2.39. The molecule has 0 aliphatic rings. The number of phenols is 1. The van der Waals surface area contributed by atoms with E-state index in [1.54, 1.807) is 24.3 Å². The topological polar surface area (TPSA) is 86.9 Å². The normalized spacial score (nSPS) is 11.4. The van der Waals surface area contributed by atoms with Gasteiger partial charge in [0.25, 0.3) is 5.91 Å². The molecule has 4 aromatic carbocycles. The molecule has 0 unspecified atom stereocenters. The Hall–Kier alpha value is -4.10. The number of aromatic hydroxyl groups is 1. The minimum atomic E-state index is -0.416.